The molecule has 4 unspecified atom stereocenters. The van der Waals surface area contributed by atoms with E-state index in [9.17, 15) is 4.79 Å². The van der Waals surface area contributed by atoms with Crippen LogP contribution in [0.5, 0.6) is 0 Å². The van der Waals surface area contributed by atoms with Gasteiger partial charge in [0.2, 0.25) is 5.91 Å². The second-order valence-corrected chi connectivity index (χ2v) is 5.39. The molecule has 0 bridgehead atoms. The first-order valence-electron chi connectivity index (χ1n) is 6.15. The lowest BCUT2D eigenvalue weighted by Crippen LogP contribution is -2.46. The predicted molar refractivity (Wildman–Crippen MR) is 60.3 cm³/mol. The average Bonchev–Trinajstić information content (AvgIpc) is 2.49. The van der Waals surface area contributed by atoms with Gasteiger partial charge in [0.15, 0.2) is 0 Å². The maximum Gasteiger partial charge on any atom is 0.239 e. The van der Waals surface area contributed by atoms with Crippen molar-refractivity contribution in [2.24, 2.45) is 17.6 Å². The van der Waals surface area contributed by atoms with E-state index in [4.69, 9.17) is 5.73 Å². The van der Waals surface area contributed by atoms with E-state index < -0.39 is 0 Å². The highest BCUT2D eigenvalue weighted by atomic mass is 16.2. The molecule has 2 N–H and O–H groups in total. The van der Waals surface area contributed by atoms with Crippen molar-refractivity contribution in [1.82, 2.24) is 4.90 Å². The number of rotatable bonds is 1. The summed E-state index contributed by atoms with van der Waals surface area (Å²) in [7, 11) is 0. The molecule has 1 amide bonds. The fourth-order valence-corrected chi connectivity index (χ4v) is 3.17. The Labute approximate surface area is 92.0 Å². The SMILES string of the molecule is CC1CCC(N2CCC(N)C2=O)C(C)C1. The Hall–Kier alpha value is -0.570. The summed E-state index contributed by atoms with van der Waals surface area (Å²) >= 11 is 0. The molecule has 2 aliphatic rings. The van der Waals surface area contributed by atoms with Crippen LogP contribution in [-0.2, 0) is 4.79 Å². The van der Waals surface area contributed by atoms with Crippen molar-refractivity contribution in [2.45, 2.75) is 51.6 Å². The minimum atomic E-state index is -0.225. The molecule has 4 atom stereocenters. The Morgan fingerprint density at radius 2 is 2.00 bits per heavy atom. The number of hydrogen-bond donors (Lipinski definition) is 1. The molecule has 1 heterocycles. The van der Waals surface area contributed by atoms with Gasteiger partial charge >= 0.3 is 0 Å². The monoisotopic (exact) mass is 210 g/mol. The molecule has 2 fully saturated rings. The van der Waals surface area contributed by atoms with E-state index in [-0.39, 0.29) is 11.9 Å². The van der Waals surface area contributed by atoms with E-state index >= 15 is 0 Å². The highest BCUT2D eigenvalue weighted by molar-refractivity contribution is 5.84. The fraction of sp³-hybridized carbons (Fsp3) is 0.917. The molecular weight excluding hydrogens is 188 g/mol. The van der Waals surface area contributed by atoms with Crippen LogP contribution in [0, 0.1) is 11.8 Å². The van der Waals surface area contributed by atoms with Gasteiger partial charge in [-0.1, -0.05) is 13.8 Å². The van der Waals surface area contributed by atoms with Crippen molar-refractivity contribution in [1.29, 1.82) is 0 Å². The lowest BCUT2D eigenvalue weighted by molar-refractivity contribution is -0.132. The summed E-state index contributed by atoms with van der Waals surface area (Å²) in [5, 5.41) is 0. The number of carbonyl (C=O) groups is 1. The van der Waals surface area contributed by atoms with Crippen molar-refractivity contribution in [3.8, 4) is 0 Å². The summed E-state index contributed by atoms with van der Waals surface area (Å²) < 4.78 is 0. The number of carbonyl (C=O) groups excluding carboxylic acids is 1. The third-order valence-corrected chi connectivity index (χ3v) is 4.07. The van der Waals surface area contributed by atoms with Gasteiger partial charge in [-0.3, -0.25) is 4.79 Å². The first-order chi connectivity index (χ1) is 7.09. The van der Waals surface area contributed by atoms with Crippen LogP contribution in [0.4, 0.5) is 0 Å². The summed E-state index contributed by atoms with van der Waals surface area (Å²) in [6.07, 6.45) is 4.52. The first-order valence-corrected chi connectivity index (χ1v) is 6.15. The number of nitrogens with zero attached hydrogens (tertiary/aromatic N) is 1. The number of amides is 1. The van der Waals surface area contributed by atoms with Crippen molar-refractivity contribution >= 4 is 5.91 Å². The van der Waals surface area contributed by atoms with Gasteiger partial charge in [0.1, 0.15) is 0 Å². The van der Waals surface area contributed by atoms with E-state index in [0.717, 1.165) is 18.9 Å². The zero-order chi connectivity index (χ0) is 11.0. The van der Waals surface area contributed by atoms with Gasteiger partial charge < -0.3 is 10.6 Å². The van der Waals surface area contributed by atoms with Crippen molar-refractivity contribution in [2.75, 3.05) is 6.54 Å². The lowest BCUT2D eigenvalue weighted by atomic mass is 9.79. The van der Waals surface area contributed by atoms with E-state index in [1.54, 1.807) is 0 Å². The minimum Gasteiger partial charge on any atom is -0.338 e. The highest BCUT2D eigenvalue weighted by Crippen LogP contribution is 2.33. The van der Waals surface area contributed by atoms with Crippen LogP contribution in [0.25, 0.3) is 0 Å². The zero-order valence-electron chi connectivity index (χ0n) is 9.78. The van der Waals surface area contributed by atoms with Crippen molar-refractivity contribution in [3.63, 3.8) is 0 Å². The second-order valence-electron chi connectivity index (χ2n) is 5.39. The molecule has 86 valence electrons. The predicted octanol–water partition coefficient (Wildman–Crippen LogP) is 1.37. The second kappa shape index (κ2) is 4.12. The van der Waals surface area contributed by atoms with Crippen LogP contribution in [0.2, 0.25) is 0 Å². The Kier molecular flexibility index (Phi) is 3.01. The summed E-state index contributed by atoms with van der Waals surface area (Å²) in [5.74, 6) is 1.65. The van der Waals surface area contributed by atoms with Gasteiger partial charge in [-0.2, -0.15) is 0 Å². The first kappa shape index (κ1) is 10.9. The van der Waals surface area contributed by atoms with Gasteiger partial charge in [0, 0.05) is 12.6 Å². The van der Waals surface area contributed by atoms with Crippen LogP contribution in [0.3, 0.4) is 0 Å². The smallest absolute Gasteiger partial charge is 0.239 e. The van der Waals surface area contributed by atoms with Crippen LogP contribution in [0.1, 0.15) is 39.5 Å². The normalized spacial score (nSPS) is 42.3. The number of hydrogen-bond acceptors (Lipinski definition) is 2. The van der Waals surface area contributed by atoms with Crippen molar-refractivity contribution < 1.29 is 4.79 Å². The van der Waals surface area contributed by atoms with E-state index in [2.05, 4.69) is 13.8 Å². The maximum atomic E-state index is 11.8. The molecule has 0 aromatic rings. The van der Waals surface area contributed by atoms with Crippen LogP contribution in [0.15, 0.2) is 0 Å². The Morgan fingerprint density at radius 3 is 2.53 bits per heavy atom. The molecule has 1 saturated carbocycles. The summed E-state index contributed by atoms with van der Waals surface area (Å²) in [4.78, 5) is 13.9. The summed E-state index contributed by atoms with van der Waals surface area (Å²) in [6.45, 7) is 5.46. The molecule has 3 heteroatoms. The number of likely N-dealkylation sites (tertiary alicyclic amines) is 1. The molecular formula is C12H22N2O. The van der Waals surface area contributed by atoms with E-state index in [0.29, 0.717) is 12.0 Å². The third kappa shape index (κ3) is 2.03. The molecule has 1 aliphatic heterocycles. The van der Waals surface area contributed by atoms with Gasteiger partial charge in [-0.05, 0) is 37.5 Å². The Balaban J connectivity index is 2.02. The van der Waals surface area contributed by atoms with Crippen LogP contribution >= 0.6 is 0 Å². The standard InChI is InChI=1S/C12H22N2O/c1-8-3-4-11(9(2)7-8)14-6-5-10(13)12(14)15/h8-11H,3-7,13H2,1-2H3. The third-order valence-electron chi connectivity index (χ3n) is 4.07. The van der Waals surface area contributed by atoms with Crippen molar-refractivity contribution in [3.05, 3.63) is 0 Å². The van der Waals surface area contributed by atoms with E-state index in [1.807, 2.05) is 4.90 Å². The average molecular weight is 210 g/mol. The van der Waals surface area contributed by atoms with Crippen LogP contribution < -0.4 is 5.73 Å². The van der Waals surface area contributed by atoms with Gasteiger partial charge in [-0.25, -0.2) is 0 Å². The van der Waals surface area contributed by atoms with Gasteiger partial charge in [-0.15, -0.1) is 0 Å². The molecule has 3 nitrogen and oxygen atoms in total. The van der Waals surface area contributed by atoms with Crippen LogP contribution in [-0.4, -0.2) is 29.4 Å². The quantitative estimate of drug-likeness (QED) is 0.710. The Bertz CT molecular complexity index is 254. The molecule has 1 aliphatic carbocycles. The highest BCUT2D eigenvalue weighted by Gasteiger charge is 2.37. The molecule has 0 radical (unpaired) electrons. The topological polar surface area (TPSA) is 46.3 Å². The largest absolute Gasteiger partial charge is 0.338 e. The van der Waals surface area contributed by atoms with Gasteiger partial charge in [0.05, 0.1) is 6.04 Å². The Morgan fingerprint density at radius 1 is 1.27 bits per heavy atom. The minimum absolute atomic E-state index is 0.182. The summed E-state index contributed by atoms with van der Waals surface area (Å²) in [6, 6.07) is 0.235. The lowest BCUT2D eigenvalue weighted by Gasteiger charge is -2.38. The molecule has 2 rings (SSSR count). The summed E-state index contributed by atoms with van der Waals surface area (Å²) in [5.41, 5.74) is 5.76. The molecule has 0 aromatic carbocycles. The molecule has 0 spiro atoms. The van der Waals surface area contributed by atoms with Gasteiger partial charge in [0.25, 0.3) is 0 Å². The maximum absolute atomic E-state index is 11.8. The zero-order valence-corrected chi connectivity index (χ0v) is 9.78. The molecule has 15 heavy (non-hydrogen) atoms. The number of nitrogens with two attached hydrogens (primary N) is 1. The fourth-order valence-electron chi connectivity index (χ4n) is 3.17. The van der Waals surface area contributed by atoms with E-state index in [1.165, 1.54) is 19.3 Å². The molecule has 0 aromatic heterocycles. The molecule has 1 saturated heterocycles.